The fourth-order valence-electron chi connectivity index (χ4n) is 1.85. The number of aliphatic hydroxyl groups excluding tert-OH is 1. The molecule has 0 fully saturated rings. The number of aromatic nitrogens is 1. The van der Waals surface area contributed by atoms with Crippen molar-refractivity contribution in [2.24, 2.45) is 0 Å². The van der Waals surface area contributed by atoms with Crippen LogP contribution in [-0.2, 0) is 6.42 Å². The summed E-state index contributed by atoms with van der Waals surface area (Å²) < 4.78 is 0. The van der Waals surface area contributed by atoms with Crippen LogP contribution in [0.25, 0.3) is 0 Å². The molecular weight excluding hydrogens is 210 g/mol. The minimum absolute atomic E-state index is 0.477. The van der Waals surface area contributed by atoms with Crippen LogP contribution in [0, 0.1) is 6.92 Å². The fourth-order valence-corrected chi connectivity index (χ4v) is 1.85. The third-order valence-corrected chi connectivity index (χ3v) is 2.80. The van der Waals surface area contributed by atoms with E-state index in [1.54, 1.807) is 0 Å². The summed E-state index contributed by atoms with van der Waals surface area (Å²) in [6, 6.07) is 16.0. The SMILES string of the molecule is Cc1cccc(C(O)CCc2ccccc2)n1. The third-order valence-electron chi connectivity index (χ3n) is 2.80. The van der Waals surface area contributed by atoms with Gasteiger partial charge < -0.3 is 5.11 Å². The quantitative estimate of drug-likeness (QED) is 0.870. The molecule has 0 saturated carbocycles. The molecule has 1 N–H and O–H groups in total. The monoisotopic (exact) mass is 227 g/mol. The number of rotatable bonds is 4. The molecule has 88 valence electrons. The summed E-state index contributed by atoms with van der Waals surface area (Å²) in [6.45, 7) is 1.94. The third kappa shape index (κ3) is 3.40. The largest absolute Gasteiger partial charge is 0.387 e. The number of pyridine rings is 1. The zero-order valence-corrected chi connectivity index (χ0v) is 10.0. The molecular formula is C15H17NO. The number of hydrogen-bond acceptors (Lipinski definition) is 2. The van der Waals surface area contributed by atoms with E-state index in [1.807, 2.05) is 43.3 Å². The smallest absolute Gasteiger partial charge is 0.0963 e. The van der Waals surface area contributed by atoms with Crippen LogP contribution in [0.2, 0.25) is 0 Å². The molecule has 17 heavy (non-hydrogen) atoms. The van der Waals surface area contributed by atoms with E-state index >= 15 is 0 Å². The average Bonchev–Trinajstić information content (AvgIpc) is 2.37. The predicted octanol–water partition coefficient (Wildman–Crippen LogP) is 3.06. The summed E-state index contributed by atoms with van der Waals surface area (Å²) in [6.07, 6.45) is 1.10. The van der Waals surface area contributed by atoms with Crippen LogP contribution >= 0.6 is 0 Å². The molecule has 2 nitrogen and oxygen atoms in total. The van der Waals surface area contributed by atoms with Gasteiger partial charge in [-0.1, -0.05) is 36.4 Å². The van der Waals surface area contributed by atoms with Crippen molar-refractivity contribution in [3.8, 4) is 0 Å². The Morgan fingerprint density at radius 3 is 2.53 bits per heavy atom. The molecule has 1 atom stereocenters. The maximum absolute atomic E-state index is 10.0. The molecule has 0 spiro atoms. The second-order valence-electron chi connectivity index (χ2n) is 4.24. The Labute approximate surface area is 102 Å². The second kappa shape index (κ2) is 5.60. The van der Waals surface area contributed by atoms with Crippen LogP contribution in [0.3, 0.4) is 0 Å². The Bertz CT molecular complexity index is 467. The van der Waals surface area contributed by atoms with Crippen LogP contribution in [-0.4, -0.2) is 10.1 Å². The van der Waals surface area contributed by atoms with Gasteiger partial charge in [0.1, 0.15) is 0 Å². The minimum atomic E-state index is -0.477. The molecule has 0 aliphatic carbocycles. The van der Waals surface area contributed by atoms with Crippen LogP contribution in [0.1, 0.15) is 29.5 Å². The van der Waals surface area contributed by atoms with Crippen molar-refractivity contribution in [1.82, 2.24) is 4.98 Å². The van der Waals surface area contributed by atoms with Crippen molar-refractivity contribution in [2.45, 2.75) is 25.9 Å². The van der Waals surface area contributed by atoms with Gasteiger partial charge >= 0.3 is 0 Å². The average molecular weight is 227 g/mol. The van der Waals surface area contributed by atoms with Crippen molar-refractivity contribution < 1.29 is 5.11 Å². The van der Waals surface area contributed by atoms with Gasteiger partial charge in [0.2, 0.25) is 0 Å². The molecule has 1 aromatic heterocycles. The molecule has 2 aromatic rings. The highest BCUT2D eigenvalue weighted by molar-refractivity contribution is 5.16. The van der Waals surface area contributed by atoms with Gasteiger partial charge in [-0.2, -0.15) is 0 Å². The molecule has 1 unspecified atom stereocenters. The van der Waals surface area contributed by atoms with Crippen LogP contribution in [0.15, 0.2) is 48.5 Å². The number of aryl methyl sites for hydroxylation is 2. The van der Waals surface area contributed by atoms with Crippen LogP contribution < -0.4 is 0 Å². The van der Waals surface area contributed by atoms with Crippen molar-refractivity contribution in [2.75, 3.05) is 0 Å². The van der Waals surface area contributed by atoms with E-state index in [0.717, 1.165) is 17.8 Å². The standard InChI is InChI=1S/C15H17NO/c1-12-6-5-9-14(16-12)15(17)11-10-13-7-3-2-4-8-13/h2-9,15,17H,10-11H2,1H3. The topological polar surface area (TPSA) is 33.1 Å². The predicted molar refractivity (Wildman–Crippen MR) is 68.7 cm³/mol. The Balaban J connectivity index is 1.96. The molecule has 0 aliphatic heterocycles. The summed E-state index contributed by atoms with van der Waals surface area (Å²) in [5.41, 5.74) is 2.96. The lowest BCUT2D eigenvalue weighted by molar-refractivity contribution is 0.163. The van der Waals surface area contributed by atoms with Gasteiger partial charge in [0, 0.05) is 5.69 Å². The number of benzene rings is 1. The Kier molecular flexibility index (Phi) is 3.89. The lowest BCUT2D eigenvalue weighted by Crippen LogP contribution is -2.02. The highest BCUT2D eigenvalue weighted by Gasteiger charge is 2.08. The van der Waals surface area contributed by atoms with Crippen molar-refractivity contribution >= 4 is 0 Å². The Morgan fingerprint density at radius 2 is 1.82 bits per heavy atom. The van der Waals surface area contributed by atoms with Crippen LogP contribution in [0.5, 0.6) is 0 Å². The maximum Gasteiger partial charge on any atom is 0.0963 e. The zero-order chi connectivity index (χ0) is 12.1. The van der Waals surface area contributed by atoms with Crippen LogP contribution in [0.4, 0.5) is 0 Å². The molecule has 2 rings (SSSR count). The van der Waals surface area contributed by atoms with E-state index in [9.17, 15) is 5.11 Å². The van der Waals surface area contributed by atoms with Gasteiger partial charge in [0.15, 0.2) is 0 Å². The lowest BCUT2D eigenvalue weighted by Gasteiger charge is -2.10. The molecule has 0 amide bonds. The maximum atomic E-state index is 10.0. The molecule has 0 radical (unpaired) electrons. The molecule has 0 saturated heterocycles. The highest BCUT2D eigenvalue weighted by atomic mass is 16.3. The summed E-state index contributed by atoms with van der Waals surface area (Å²) >= 11 is 0. The van der Waals surface area contributed by atoms with E-state index in [0.29, 0.717) is 6.42 Å². The second-order valence-corrected chi connectivity index (χ2v) is 4.24. The highest BCUT2D eigenvalue weighted by Crippen LogP contribution is 2.17. The van der Waals surface area contributed by atoms with Crippen molar-refractivity contribution in [3.05, 3.63) is 65.5 Å². The first-order chi connectivity index (χ1) is 8.25. The van der Waals surface area contributed by atoms with Gasteiger partial charge in [-0.3, -0.25) is 4.98 Å². The molecule has 1 aromatic carbocycles. The van der Waals surface area contributed by atoms with E-state index in [2.05, 4.69) is 17.1 Å². The van der Waals surface area contributed by atoms with E-state index in [1.165, 1.54) is 5.56 Å². The fraction of sp³-hybridized carbons (Fsp3) is 0.267. The minimum Gasteiger partial charge on any atom is -0.387 e. The van der Waals surface area contributed by atoms with E-state index < -0.39 is 6.10 Å². The Morgan fingerprint density at radius 1 is 1.06 bits per heavy atom. The van der Waals surface area contributed by atoms with Gasteiger partial charge in [0.05, 0.1) is 11.8 Å². The van der Waals surface area contributed by atoms with E-state index in [4.69, 9.17) is 0 Å². The number of aliphatic hydroxyl groups is 1. The summed E-state index contributed by atoms with van der Waals surface area (Å²) in [4.78, 5) is 4.34. The molecule has 0 bridgehead atoms. The Hall–Kier alpha value is -1.67. The summed E-state index contributed by atoms with van der Waals surface area (Å²) in [7, 11) is 0. The first-order valence-corrected chi connectivity index (χ1v) is 5.91. The molecule has 2 heteroatoms. The lowest BCUT2D eigenvalue weighted by atomic mass is 10.0. The van der Waals surface area contributed by atoms with Gasteiger partial charge in [0.25, 0.3) is 0 Å². The normalized spacial score (nSPS) is 12.4. The van der Waals surface area contributed by atoms with E-state index in [-0.39, 0.29) is 0 Å². The van der Waals surface area contributed by atoms with Crippen molar-refractivity contribution in [3.63, 3.8) is 0 Å². The number of hydrogen-bond donors (Lipinski definition) is 1. The summed E-state index contributed by atoms with van der Waals surface area (Å²) in [5.74, 6) is 0. The zero-order valence-electron chi connectivity index (χ0n) is 10.0. The van der Waals surface area contributed by atoms with Gasteiger partial charge in [-0.15, -0.1) is 0 Å². The van der Waals surface area contributed by atoms with Gasteiger partial charge in [-0.25, -0.2) is 0 Å². The van der Waals surface area contributed by atoms with Gasteiger partial charge in [-0.05, 0) is 37.5 Å². The number of nitrogens with zero attached hydrogens (tertiary/aromatic N) is 1. The first kappa shape index (κ1) is 11.8. The van der Waals surface area contributed by atoms with Crippen molar-refractivity contribution in [1.29, 1.82) is 0 Å². The summed E-state index contributed by atoms with van der Waals surface area (Å²) in [5, 5.41) is 10.0. The molecule has 1 heterocycles. The first-order valence-electron chi connectivity index (χ1n) is 5.91. The molecule has 0 aliphatic rings.